The van der Waals surface area contributed by atoms with Gasteiger partial charge in [0.1, 0.15) is 17.1 Å². The van der Waals surface area contributed by atoms with Crippen molar-refractivity contribution in [2.24, 2.45) is 0 Å². The van der Waals surface area contributed by atoms with E-state index in [4.69, 9.17) is 4.74 Å². The Balaban J connectivity index is 2.85. The highest BCUT2D eigenvalue weighted by atomic mass is 19.1. The Morgan fingerprint density at radius 3 is 2.81 bits per heavy atom. The summed E-state index contributed by atoms with van der Waals surface area (Å²) in [6, 6.07) is 3.82. The van der Waals surface area contributed by atoms with Gasteiger partial charge >= 0.3 is 5.97 Å². The second-order valence-electron chi connectivity index (χ2n) is 3.33. The highest BCUT2D eigenvalue weighted by molar-refractivity contribution is 5.92. The van der Waals surface area contributed by atoms with Crippen molar-refractivity contribution >= 4 is 5.97 Å². The molecule has 0 amide bonds. The third-order valence-corrected chi connectivity index (χ3v) is 2.10. The van der Waals surface area contributed by atoms with Gasteiger partial charge in [-0.25, -0.2) is 9.18 Å². The maximum absolute atomic E-state index is 13.0. The summed E-state index contributed by atoms with van der Waals surface area (Å²) in [6.45, 7) is 2.54. The van der Waals surface area contributed by atoms with Gasteiger partial charge in [-0.3, -0.25) is 0 Å². The van der Waals surface area contributed by atoms with E-state index in [1.54, 1.807) is 0 Å². The lowest BCUT2D eigenvalue weighted by Crippen LogP contribution is -2.07. The number of hydrogen-bond acceptors (Lipinski definition) is 3. The molecule has 0 saturated carbocycles. The van der Waals surface area contributed by atoms with E-state index in [1.165, 1.54) is 19.2 Å². The quantitative estimate of drug-likeness (QED) is 0.572. The van der Waals surface area contributed by atoms with Crippen molar-refractivity contribution in [1.82, 2.24) is 0 Å². The van der Waals surface area contributed by atoms with Gasteiger partial charge in [0.05, 0.1) is 13.7 Å². The molecule has 3 nitrogen and oxygen atoms in total. The van der Waals surface area contributed by atoms with Crippen LogP contribution in [0.1, 0.15) is 30.1 Å². The first kappa shape index (κ1) is 12.5. The number of esters is 1. The summed E-state index contributed by atoms with van der Waals surface area (Å²) < 4.78 is 22.9. The highest BCUT2D eigenvalue weighted by Crippen LogP contribution is 2.20. The average molecular weight is 226 g/mol. The summed E-state index contributed by atoms with van der Waals surface area (Å²) in [7, 11) is 1.25. The van der Waals surface area contributed by atoms with Crippen molar-refractivity contribution in [3.8, 4) is 5.75 Å². The number of carbonyl (C=O) groups is 1. The molecule has 0 aliphatic heterocycles. The smallest absolute Gasteiger partial charge is 0.341 e. The lowest BCUT2D eigenvalue weighted by molar-refractivity contribution is 0.0595. The first-order valence-electron chi connectivity index (χ1n) is 5.19. The van der Waals surface area contributed by atoms with Gasteiger partial charge in [0, 0.05) is 0 Å². The van der Waals surface area contributed by atoms with E-state index in [9.17, 15) is 9.18 Å². The Morgan fingerprint density at radius 2 is 2.19 bits per heavy atom. The number of ether oxygens (including phenoxy) is 2. The first-order chi connectivity index (χ1) is 7.69. The molecule has 0 heterocycles. The molecule has 16 heavy (non-hydrogen) atoms. The zero-order valence-corrected chi connectivity index (χ0v) is 9.46. The molecular formula is C12H15FO3. The lowest BCUT2D eigenvalue weighted by Gasteiger charge is -2.09. The summed E-state index contributed by atoms with van der Waals surface area (Å²) in [6.07, 6.45) is 1.88. The van der Waals surface area contributed by atoms with Gasteiger partial charge < -0.3 is 9.47 Å². The second kappa shape index (κ2) is 6.10. The maximum atomic E-state index is 13.0. The van der Waals surface area contributed by atoms with Crippen LogP contribution < -0.4 is 4.74 Å². The normalized spacial score (nSPS) is 9.94. The fourth-order valence-electron chi connectivity index (χ4n) is 1.22. The predicted molar refractivity (Wildman–Crippen MR) is 58.1 cm³/mol. The number of unbranched alkanes of at least 4 members (excludes halogenated alkanes) is 1. The first-order valence-corrected chi connectivity index (χ1v) is 5.19. The van der Waals surface area contributed by atoms with E-state index >= 15 is 0 Å². The molecule has 0 bridgehead atoms. The van der Waals surface area contributed by atoms with E-state index in [2.05, 4.69) is 4.74 Å². The molecule has 0 aliphatic rings. The summed E-state index contributed by atoms with van der Waals surface area (Å²) in [5, 5.41) is 0. The Bertz CT molecular complexity index is 363. The summed E-state index contributed by atoms with van der Waals surface area (Å²) in [5.41, 5.74) is 0.124. The molecule has 1 aromatic carbocycles. The fraction of sp³-hybridized carbons (Fsp3) is 0.417. The molecule has 0 radical (unpaired) electrons. The SMILES string of the molecule is CCCCOc1ccc(F)cc1C(=O)OC. The van der Waals surface area contributed by atoms with Crippen molar-refractivity contribution in [2.45, 2.75) is 19.8 Å². The van der Waals surface area contributed by atoms with E-state index in [0.29, 0.717) is 12.4 Å². The number of hydrogen-bond donors (Lipinski definition) is 0. The molecule has 0 N–H and O–H groups in total. The Labute approximate surface area is 94.2 Å². The molecule has 1 aromatic rings. The van der Waals surface area contributed by atoms with E-state index in [1.807, 2.05) is 6.92 Å². The zero-order valence-electron chi connectivity index (χ0n) is 9.46. The third kappa shape index (κ3) is 3.22. The van der Waals surface area contributed by atoms with E-state index < -0.39 is 11.8 Å². The third-order valence-electron chi connectivity index (χ3n) is 2.10. The predicted octanol–water partition coefficient (Wildman–Crippen LogP) is 2.79. The summed E-state index contributed by atoms with van der Waals surface area (Å²) >= 11 is 0. The maximum Gasteiger partial charge on any atom is 0.341 e. The highest BCUT2D eigenvalue weighted by Gasteiger charge is 2.13. The van der Waals surface area contributed by atoms with Crippen LogP contribution in [-0.4, -0.2) is 19.7 Å². The minimum atomic E-state index is -0.592. The van der Waals surface area contributed by atoms with Gasteiger partial charge in [-0.2, -0.15) is 0 Å². The topological polar surface area (TPSA) is 35.5 Å². The van der Waals surface area contributed by atoms with E-state index in [-0.39, 0.29) is 5.56 Å². The Kier molecular flexibility index (Phi) is 4.76. The lowest BCUT2D eigenvalue weighted by atomic mass is 10.2. The molecule has 4 heteroatoms. The largest absolute Gasteiger partial charge is 0.493 e. The molecule has 1 rings (SSSR count). The van der Waals surface area contributed by atoms with Crippen LogP contribution in [0.4, 0.5) is 4.39 Å². The second-order valence-corrected chi connectivity index (χ2v) is 3.33. The monoisotopic (exact) mass is 226 g/mol. The Hall–Kier alpha value is -1.58. The van der Waals surface area contributed by atoms with E-state index in [0.717, 1.165) is 18.9 Å². The average Bonchev–Trinajstić information content (AvgIpc) is 2.30. The Morgan fingerprint density at radius 1 is 1.44 bits per heavy atom. The van der Waals surface area contributed by atoms with Crippen LogP contribution >= 0.6 is 0 Å². The van der Waals surface area contributed by atoms with Gasteiger partial charge in [-0.15, -0.1) is 0 Å². The van der Waals surface area contributed by atoms with Crippen LogP contribution in [0.2, 0.25) is 0 Å². The summed E-state index contributed by atoms with van der Waals surface area (Å²) in [5.74, 6) is -0.712. The zero-order chi connectivity index (χ0) is 12.0. The molecule has 88 valence electrons. The number of benzene rings is 1. The van der Waals surface area contributed by atoms with Gasteiger partial charge in [0.2, 0.25) is 0 Å². The van der Waals surface area contributed by atoms with Gasteiger partial charge in [-0.05, 0) is 24.6 Å². The molecule has 0 fully saturated rings. The van der Waals surface area contributed by atoms with Crippen molar-refractivity contribution in [1.29, 1.82) is 0 Å². The van der Waals surface area contributed by atoms with Crippen LogP contribution in [0, 0.1) is 5.82 Å². The molecular weight excluding hydrogens is 211 g/mol. The molecule has 0 spiro atoms. The molecule has 0 unspecified atom stereocenters. The molecule has 0 atom stereocenters. The number of methoxy groups -OCH3 is 1. The summed E-state index contributed by atoms with van der Waals surface area (Å²) in [4.78, 5) is 11.4. The van der Waals surface area contributed by atoms with Crippen molar-refractivity contribution < 1.29 is 18.7 Å². The number of rotatable bonds is 5. The van der Waals surface area contributed by atoms with Crippen molar-refractivity contribution in [2.75, 3.05) is 13.7 Å². The van der Waals surface area contributed by atoms with Crippen LogP contribution in [0.25, 0.3) is 0 Å². The molecule has 0 saturated heterocycles. The number of halogens is 1. The molecule has 0 aliphatic carbocycles. The molecule has 0 aromatic heterocycles. The minimum Gasteiger partial charge on any atom is -0.493 e. The van der Waals surface area contributed by atoms with Crippen LogP contribution in [0.5, 0.6) is 5.75 Å². The van der Waals surface area contributed by atoms with Crippen LogP contribution in [0.15, 0.2) is 18.2 Å². The standard InChI is InChI=1S/C12H15FO3/c1-3-4-7-16-11-6-5-9(13)8-10(11)12(14)15-2/h5-6,8H,3-4,7H2,1-2H3. The fourth-order valence-corrected chi connectivity index (χ4v) is 1.22. The van der Waals surface area contributed by atoms with Gasteiger partial charge in [0.25, 0.3) is 0 Å². The van der Waals surface area contributed by atoms with Crippen molar-refractivity contribution in [3.05, 3.63) is 29.6 Å². The van der Waals surface area contributed by atoms with Crippen LogP contribution in [-0.2, 0) is 4.74 Å². The van der Waals surface area contributed by atoms with Crippen molar-refractivity contribution in [3.63, 3.8) is 0 Å². The van der Waals surface area contributed by atoms with Gasteiger partial charge in [0.15, 0.2) is 0 Å². The number of carbonyl (C=O) groups excluding carboxylic acids is 1. The minimum absolute atomic E-state index is 0.124. The van der Waals surface area contributed by atoms with Crippen LogP contribution in [0.3, 0.4) is 0 Å². The van der Waals surface area contributed by atoms with Gasteiger partial charge in [-0.1, -0.05) is 13.3 Å².